The Morgan fingerprint density at radius 3 is 2.94 bits per heavy atom. The summed E-state index contributed by atoms with van der Waals surface area (Å²) in [5.74, 6) is 1.05. The summed E-state index contributed by atoms with van der Waals surface area (Å²) < 4.78 is 0. The molecule has 0 spiro atoms. The van der Waals surface area contributed by atoms with E-state index in [1.165, 1.54) is 11.3 Å². The van der Waals surface area contributed by atoms with Crippen molar-refractivity contribution in [3.8, 4) is 0 Å². The first-order valence-corrected chi connectivity index (χ1v) is 7.63. The van der Waals surface area contributed by atoms with Crippen LogP contribution in [0.15, 0.2) is 5.38 Å². The SMILES string of the molecule is CC1SCCN(C(=O)c2csc(CN)n2)C1C.Cl. The fourth-order valence-corrected chi connectivity index (χ4v) is 3.62. The molecule has 1 aromatic rings. The van der Waals surface area contributed by atoms with Gasteiger partial charge in [0, 0.05) is 35.5 Å². The molecule has 18 heavy (non-hydrogen) atoms. The Labute approximate surface area is 122 Å². The molecule has 2 rings (SSSR count). The molecule has 2 N–H and O–H groups in total. The van der Waals surface area contributed by atoms with Crippen molar-refractivity contribution in [3.63, 3.8) is 0 Å². The number of halogens is 1. The second-order valence-electron chi connectivity index (χ2n) is 4.15. The molecule has 2 atom stereocenters. The molecule has 1 aromatic heterocycles. The van der Waals surface area contributed by atoms with Crippen LogP contribution in [0, 0.1) is 0 Å². The highest BCUT2D eigenvalue weighted by atomic mass is 35.5. The molecular formula is C11H18ClN3OS2. The second-order valence-corrected chi connectivity index (χ2v) is 6.57. The average Bonchev–Trinajstić information content (AvgIpc) is 2.80. The van der Waals surface area contributed by atoms with Crippen molar-refractivity contribution in [2.45, 2.75) is 31.7 Å². The fourth-order valence-electron chi connectivity index (χ4n) is 1.87. The van der Waals surface area contributed by atoms with Crippen LogP contribution in [-0.2, 0) is 6.54 Å². The average molecular weight is 308 g/mol. The molecule has 0 bridgehead atoms. The van der Waals surface area contributed by atoms with Crippen molar-refractivity contribution in [1.29, 1.82) is 0 Å². The monoisotopic (exact) mass is 307 g/mol. The van der Waals surface area contributed by atoms with Crippen molar-refractivity contribution in [1.82, 2.24) is 9.88 Å². The van der Waals surface area contributed by atoms with Crippen molar-refractivity contribution in [3.05, 3.63) is 16.1 Å². The van der Waals surface area contributed by atoms with Crippen molar-refractivity contribution in [2.75, 3.05) is 12.3 Å². The lowest BCUT2D eigenvalue weighted by molar-refractivity contribution is 0.0693. The molecule has 102 valence electrons. The van der Waals surface area contributed by atoms with E-state index in [0.717, 1.165) is 17.3 Å². The topological polar surface area (TPSA) is 59.2 Å². The Morgan fingerprint density at radius 1 is 1.61 bits per heavy atom. The van der Waals surface area contributed by atoms with Gasteiger partial charge in [-0.15, -0.1) is 23.7 Å². The summed E-state index contributed by atoms with van der Waals surface area (Å²) in [6.45, 7) is 5.48. The van der Waals surface area contributed by atoms with Gasteiger partial charge in [0.25, 0.3) is 5.91 Å². The lowest BCUT2D eigenvalue weighted by atomic mass is 10.2. The fraction of sp³-hybridized carbons (Fsp3) is 0.636. The van der Waals surface area contributed by atoms with Crippen LogP contribution >= 0.6 is 35.5 Å². The summed E-state index contributed by atoms with van der Waals surface area (Å²) in [6, 6.07) is 0.268. The smallest absolute Gasteiger partial charge is 0.273 e. The van der Waals surface area contributed by atoms with Gasteiger partial charge in [-0.25, -0.2) is 4.98 Å². The number of hydrogen-bond acceptors (Lipinski definition) is 5. The van der Waals surface area contributed by atoms with Gasteiger partial charge in [-0.05, 0) is 6.92 Å². The van der Waals surface area contributed by atoms with Crippen LogP contribution in [0.2, 0.25) is 0 Å². The second kappa shape index (κ2) is 6.75. The molecule has 0 saturated carbocycles. The summed E-state index contributed by atoms with van der Waals surface area (Å²) in [5, 5.41) is 3.12. The van der Waals surface area contributed by atoms with Crippen LogP contribution in [0.1, 0.15) is 29.3 Å². The Bertz CT molecular complexity index is 413. The van der Waals surface area contributed by atoms with Crippen LogP contribution in [0.4, 0.5) is 0 Å². The van der Waals surface area contributed by atoms with Gasteiger partial charge in [-0.2, -0.15) is 11.8 Å². The van der Waals surface area contributed by atoms with E-state index in [4.69, 9.17) is 5.73 Å². The molecule has 1 fully saturated rings. The number of rotatable bonds is 2. The summed E-state index contributed by atoms with van der Waals surface area (Å²) in [6.07, 6.45) is 0. The number of thiazole rings is 1. The van der Waals surface area contributed by atoms with E-state index in [-0.39, 0.29) is 24.4 Å². The van der Waals surface area contributed by atoms with Gasteiger partial charge in [0.1, 0.15) is 10.7 Å². The molecule has 2 unspecified atom stereocenters. The van der Waals surface area contributed by atoms with Crippen molar-refractivity contribution >= 4 is 41.4 Å². The highest BCUT2D eigenvalue weighted by molar-refractivity contribution is 8.00. The van der Waals surface area contributed by atoms with Crippen LogP contribution < -0.4 is 5.73 Å². The van der Waals surface area contributed by atoms with E-state index in [0.29, 0.717) is 17.5 Å². The minimum Gasteiger partial charge on any atom is -0.333 e. The molecule has 1 amide bonds. The number of nitrogens with two attached hydrogens (primary N) is 1. The number of thioether (sulfide) groups is 1. The predicted octanol–water partition coefficient (Wildman–Crippen LogP) is 1.99. The van der Waals surface area contributed by atoms with Crippen LogP contribution in [0.25, 0.3) is 0 Å². The zero-order valence-corrected chi connectivity index (χ0v) is 12.9. The molecule has 1 saturated heterocycles. The van der Waals surface area contributed by atoms with Gasteiger partial charge >= 0.3 is 0 Å². The zero-order valence-electron chi connectivity index (χ0n) is 10.5. The van der Waals surface area contributed by atoms with Gasteiger partial charge < -0.3 is 10.6 Å². The Hall–Kier alpha value is -0.300. The third-order valence-electron chi connectivity index (χ3n) is 3.09. The summed E-state index contributed by atoms with van der Waals surface area (Å²) in [4.78, 5) is 18.5. The first kappa shape index (κ1) is 15.8. The summed E-state index contributed by atoms with van der Waals surface area (Å²) >= 11 is 3.38. The predicted molar refractivity (Wildman–Crippen MR) is 79.7 cm³/mol. The van der Waals surface area contributed by atoms with Crippen molar-refractivity contribution < 1.29 is 4.79 Å². The number of hydrogen-bond donors (Lipinski definition) is 1. The maximum atomic E-state index is 12.3. The quantitative estimate of drug-likeness (QED) is 0.908. The van der Waals surface area contributed by atoms with E-state index >= 15 is 0 Å². The molecule has 0 aromatic carbocycles. The summed E-state index contributed by atoms with van der Waals surface area (Å²) in [5.41, 5.74) is 6.05. The van der Waals surface area contributed by atoms with E-state index in [2.05, 4.69) is 18.8 Å². The standard InChI is InChI=1S/C11H17N3OS2.ClH/c1-7-8(2)16-4-3-14(7)11(15)9-6-17-10(5-12)13-9;/h6-8H,3-5,12H2,1-2H3;1H. The van der Waals surface area contributed by atoms with Crippen LogP contribution in [0.3, 0.4) is 0 Å². The van der Waals surface area contributed by atoms with Gasteiger partial charge in [-0.1, -0.05) is 6.92 Å². The number of carbonyl (C=O) groups excluding carboxylic acids is 1. The molecule has 1 aliphatic heterocycles. The van der Waals surface area contributed by atoms with E-state index in [9.17, 15) is 4.79 Å². The maximum Gasteiger partial charge on any atom is 0.273 e. The van der Waals surface area contributed by atoms with Crippen LogP contribution in [-0.4, -0.2) is 39.4 Å². The number of nitrogens with zero attached hydrogens (tertiary/aromatic N) is 2. The first-order chi connectivity index (χ1) is 8.13. The van der Waals surface area contributed by atoms with Crippen molar-refractivity contribution in [2.24, 2.45) is 5.73 Å². The zero-order chi connectivity index (χ0) is 12.4. The van der Waals surface area contributed by atoms with E-state index in [1.807, 2.05) is 22.0 Å². The van der Waals surface area contributed by atoms with E-state index in [1.54, 1.807) is 0 Å². The molecule has 2 heterocycles. The maximum absolute atomic E-state index is 12.3. The molecular weight excluding hydrogens is 290 g/mol. The Morgan fingerprint density at radius 2 is 2.33 bits per heavy atom. The first-order valence-electron chi connectivity index (χ1n) is 5.70. The lowest BCUT2D eigenvalue weighted by Gasteiger charge is -2.37. The molecule has 0 radical (unpaired) electrons. The third-order valence-corrected chi connectivity index (χ3v) is 5.30. The van der Waals surface area contributed by atoms with Gasteiger partial charge in [0.05, 0.1) is 0 Å². The Kier molecular flexibility index (Phi) is 5.91. The molecule has 1 aliphatic rings. The molecule has 4 nitrogen and oxygen atoms in total. The van der Waals surface area contributed by atoms with Crippen LogP contribution in [0.5, 0.6) is 0 Å². The highest BCUT2D eigenvalue weighted by Gasteiger charge is 2.30. The minimum absolute atomic E-state index is 0. The normalized spacial score (nSPS) is 23.6. The minimum atomic E-state index is 0. The Balaban J connectivity index is 0.00000162. The van der Waals surface area contributed by atoms with Gasteiger partial charge in [0.2, 0.25) is 0 Å². The summed E-state index contributed by atoms with van der Waals surface area (Å²) in [7, 11) is 0. The van der Waals surface area contributed by atoms with Gasteiger partial charge in [0.15, 0.2) is 0 Å². The number of amides is 1. The largest absolute Gasteiger partial charge is 0.333 e. The number of carbonyl (C=O) groups is 1. The third kappa shape index (κ3) is 3.17. The number of aromatic nitrogens is 1. The molecule has 0 aliphatic carbocycles. The lowest BCUT2D eigenvalue weighted by Crippen LogP contribution is -2.48. The van der Waals surface area contributed by atoms with Gasteiger partial charge in [-0.3, -0.25) is 4.79 Å². The molecule has 7 heteroatoms. The highest BCUT2D eigenvalue weighted by Crippen LogP contribution is 2.25. The van der Waals surface area contributed by atoms with E-state index < -0.39 is 0 Å².